The molecule has 0 bridgehead atoms. The summed E-state index contributed by atoms with van der Waals surface area (Å²) in [5.41, 5.74) is 1.17. The lowest BCUT2D eigenvalue weighted by Crippen LogP contribution is -2.38. The molecule has 0 radical (unpaired) electrons. The molecule has 1 saturated heterocycles. The maximum atomic E-state index is 12.6. The first-order valence-electron chi connectivity index (χ1n) is 9.14. The number of rotatable bonds is 5. The van der Waals surface area contributed by atoms with Gasteiger partial charge in [0.15, 0.2) is 0 Å². The van der Waals surface area contributed by atoms with E-state index in [1.54, 1.807) is 0 Å². The topological polar surface area (TPSA) is 59.0 Å². The lowest BCUT2D eigenvalue weighted by Gasteiger charge is -2.28. The van der Waals surface area contributed by atoms with Gasteiger partial charge in [-0.05, 0) is 30.2 Å². The van der Waals surface area contributed by atoms with Crippen LogP contribution in [0.3, 0.4) is 0 Å². The predicted molar refractivity (Wildman–Crippen MR) is 98.3 cm³/mol. The summed E-state index contributed by atoms with van der Waals surface area (Å²) in [6, 6.07) is 0. The van der Waals surface area contributed by atoms with E-state index in [1.165, 1.54) is 37.7 Å². The smallest absolute Gasteiger partial charge is 0.225 e. The van der Waals surface area contributed by atoms with E-state index in [1.807, 2.05) is 24.1 Å². The molecule has 0 unspecified atom stereocenters. The molecule has 136 valence electrons. The second-order valence-electron chi connectivity index (χ2n) is 7.36. The van der Waals surface area contributed by atoms with E-state index in [0.29, 0.717) is 5.92 Å². The molecule has 1 aromatic rings. The number of halogens is 1. The number of aryl methyl sites for hydroxylation is 1. The van der Waals surface area contributed by atoms with Crippen LogP contribution in [0.4, 0.5) is 0 Å². The number of nitrogens with zero attached hydrogens (tertiary/aromatic N) is 2. The van der Waals surface area contributed by atoms with Crippen molar-refractivity contribution in [3.63, 3.8) is 0 Å². The molecule has 0 spiro atoms. The average molecular weight is 355 g/mol. The number of hydrogen-bond acceptors (Lipinski definition) is 3. The molecule has 24 heavy (non-hydrogen) atoms. The van der Waals surface area contributed by atoms with Gasteiger partial charge in [0.25, 0.3) is 0 Å². The van der Waals surface area contributed by atoms with Crippen molar-refractivity contribution in [1.82, 2.24) is 20.4 Å². The van der Waals surface area contributed by atoms with Crippen LogP contribution < -0.4 is 10.6 Å². The molecular weight excluding hydrogens is 324 g/mol. The van der Waals surface area contributed by atoms with Crippen molar-refractivity contribution in [2.24, 2.45) is 24.8 Å². The fourth-order valence-corrected chi connectivity index (χ4v) is 4.16. The number of aromatic nitrogens is 2. The Labute approximate surface area is 151 Å². The maximum absolute atomic E-state index is 12.6. The van der Waals surface area contributed by atoms with Gasteiger partial charge in [-0.3, -0.25) is 9.48 Å². The van der Waals surface area contributed by atoms with Crippen LogP contribution >= 0.6 is 12.4 Å². The van der Waals surface area contributed by atoms with Crippen LogP contribution in [-0.4, -0.2) is 35.3 Å². The minimum Gasteiger partial charge on any atom is -0.356 e. The zero-order valence-electron chi connectivity index (χ0n) is 14.8. The Morgan fingerprint density at radius 1 is 1.29 bits per heavy atom. The summed E-state index contributed by atoms with van der Waals surface area (Å²) < 4.78 is 1.81. The molecule has 1 aromatic heterocycles. The fourth-order valence-electron chi connectivity index (χ4n) is 4.16. The van der Waals surface area contributed by atoms with E-state index in [2.05, 4.69) is 22.7 Å². The van der Waals surface area contributed by atoms with Crippen LogP contribution in [0, 0.1) is 17.8 Å². The minimum atomic E-state index is 0. The second-order valence-corrected chi connectivity index (χ2v) is 7.36. The Hall–Kier alpha value is -1.07. The molecule has 0 aromatic carbocycles. The zero-order valence-corrected chi connectivity index (χ0v) is 15.6. The van der Waals surface area contributed by atoms with Crippen LogP contribution in [-0.2, 0) is 11.8 Å². The first kappa shape index (κ1) is 19.3. The molecule has 6 heteroatoms. The van der Waals surface area contributed by atoms with Gasteiger partial charge in [-0.15, -0.1) is 12.4 Å². The van der Waals surface area contributed by atoms with Gasteiger partial charge in [0.05, 0.1) is 12.1 Å². The van der Waals surface area contributed by atoms with Crippen LogP contribution in [0.25, 0.3) is 0 Å². The summed E-state index contributed by atoms with van der Waals surface area (Å²) in [6.45, 7) is 4.78. The summed E-state index contributed by atoms with van der Waals surface area (Å²) in [6.07, 6.45) is 10.4. The van der Waals surface area contributed by atoms with E-state index in [0.717, 1.165) is 25.6 Å². The highest BCUT2D eigenvalue weighted by atomic mass is 35.5. The largest absolute Gasteiger partial charge is 0.356 e. The summed E-state index contributed by atoms with van der Waals surface area (Å²) in [7, 11) is 1.92. The van der Waals surface area contributed by atoms with E-state index in [-0.39, 0.29) is 30.2 Å². The van der Waals surface area contributed by atoms with Gasteiger partial charge in [0, 0.05) is 38.8 Å². The summed E-state index contributed by atoms with van der Waals surface area (Å²) in [5.74, 6) is 2.08. The Morgan fingerprint density at radius 3 is 2.62 bits per heavy atom. The minimum absolute atomic E-state index is 0. The molecule has 1 aliphatic heterocycles. The Morgan fingerprint density at radius 2 is 2.00 bits per heavy atom. The van der Waals surface area contributed by atoms with Gasteiger partial charge in [0.1, 0.15) is 0 Å². The van der Waals surface area contributed by atoms with Crippen molar-refractivity contribution in [2.45, 2.75) is 44.9 Å². The van der Waals surface area contributed by atoms with Crippen LogP contribution in [0.15, 0.2) is 12.4 Å². The average Bonchev–Trinajstić information content (AvgIpc) is 3.21. The maximum Gasteiger partial charge on any atom is 0.225 e. The third-order valence-corrected chi connectivity index (χ3v) is 5.81. The van der Waals surface area contributed by atoms with Gasteiger partial charge in [-0.25, -0.2) is 0 Å². The van der Waals surface area contributed by atoms with Crippen LogP contribution in [0.2, 0.25) is 0 Å². The zero-order chi connectivity index (χ0) is 16.2. The molecule has 1 aliphatic carbocycles. The number of carbonyl (C=O) groups is 1. The SMILES string of the molecule is CCC1CCC(CNC(=O)[C@H]2CNC[C@@H]2c2cnn(C)c2)CC1.Cl. The molecule has 2 atom stereocenters. The Kier molecular flexibility index (Phi) is 7.11. The highest BCUT2D eigenvalue weighted by molar-refractivity contribution is 5.85. The monoisotopic (exact) mass is 354 g/mol. The third-order valence-electron chi connectivity index (χ3n) is 5.81. The van der Waals surface area contributed by atoms with Gasteiger partial charge in [0.2, 0.25) is 5.91 Å². The summed E-state index contributed by atoms with van der Waals surface area (Å²) in [5, 5.41) is 10.8. The lowest BCUT2D eigenvalue weighted by atomic mass is 9.81. The van der Waals surface area contributed by atoms with Crippen molar-refractivity contribution in [3.05, 3.63) is 18.0 Å². The molecule has 5 nitrogen and oxygen atoms in total. The first-order chi connectivity index (χ1) is 11.2. The molecule has 2 N–H and O–H groups in total. The van der Waals surface area contributed by atoms with E-state index in [4.69, 9.17) is 0 Å². The van der Waals surface area contributed by atoms with E-state index < -0.39 is 0 Å². The second kappa shape index (κ2) is 8.86. The number of amides is 1. The van der Waals surface area contributed by atoms with Crippen molar-refractivity contribution in [3.8, 4) is 0 Å². The summed E-state index contributed by atoms with van der Waals surface area (Å²) >= 11 is 0. The van der Waals surface area contributed by atoms with E-state index >= 15 is 0 Å². The molecule has 1 amide bonds. The highest BCUT2D eigenvalue weighted by Crippen LogP contribution is 2.31. The molecular formula is C18H31ClN4O. The first-order valence-corrected chi connectivity index (χ1v) is 9.14. The Bertz CT molecular complexity index is 525. The predicted octanol–water partition coefficient (Wildman–Crippen LogP) is 2.48. The molecule has 2 fully saturated rings. The summed E-state index contributed by atoms with van der Waals surface area (Å²) in [4.78, 5) is 12.6. The van der Waals surface area contributed by atoms with Gasteiger partial charge in [-0.2, -0.15) is 5.10 Å². The standard InChI is InChI=1S/C18H30N4O.ClH/c1-3-13-4-6-14(7-5-13)8-20-18(23)17-11-19-10-16(17)15-9-21-22(2)12-15;/h9,12-14,16-17,19H,3-8,10-11H2,1-2H3,(H,20,23);1H/t13?,14?,16-,17+;/m1./s1. The fraction of sp³-hybridized carbons (Fsp3) is 0.778. The number of carbonyl (C=O) groups excluding carboxylic acids is 1. The van der Waals surface area contributed by atoms with Gasteiger partial charge in [-0.1, -0.05) is 26.2 Å². The van der Waals surface area contributed by atoms with Crippen LogP contribution in [0.1, 0.15) is 50.5 Å². The van der Waals surface area contributed by atoms with Crippen molar-refractivity contribution in [2.75, 3.05) is 19.6 Å². The number of hydrogen-bond donors (Lipinski definition) is 2. The number of nitrogens with one attached hydrogen (secondary N) is 2. The quantitative estimate of drug-likeness (QED) is 0.854. The normalized spacial score (nSPS) is 29.9. The van der Waals surface area contributed by atoms with Crippen molar-refractivity contribution < 1.29 is 4.79 Å². The van der Waals surface area contributed by atoms with Gasteiger partial charge >= 0.3 is 0 Å². The van der Waals surface area contributed by atoms with Crippen molar-refractivity contribution in [1.29, 1.82) is 0 Å². The third kappa shape index (κ3) is 4.51. The van der Waals surface area contributed by atoms with Crippen LogP contribution in [0.5, 0.6) is 0 Å². The van der Waals surface area contributed by atoms with Gasteiger partial charge < -0.3 is 10.6 Å². The molecule has 2 aliphatic rings. The molecule has 1 saturated carbocycles. The van der Waals surface area contributed by atoms with Crippen molar-refractivity contribution >= 4 is 18.3 Å². The molecule has 3 rings (SSSR count). The lowest BCUT2D eigenvalue weighted by molar-refractivity contribution is -0.125. The molecule has 2 heterocycles. The highest BCUT2D eigenvalue weighted by Gasteiger charge is 2.34. The Balaban J connectivity index is 0.00000208. The van der Waals surface area contributed by atoms with E-state index in [9.17, 15) is 4.79 Å².